The second-order valence-corrected chi connectivity index (χ2v) is 5.64. The number of rotatable bonds is 7. The van der Waals surface area contributed by atoms with Gasteiger partial charge in [-0.15, -0.1) is 0 Å². The Balaban J connectivity index is 2.11. The first-order valence-electron chi connectivity index (χ1n) is 7.96. The summed E-state index contributed by atoms with van der Waals surface area (Å²) in [5, 5.41) is 0. The Morgan fingerprint density at radius 1 is 1.08 bits per heavy atom. The van der Waals surface area contributed by atoms with E-state index in [2.05, 4.69) is 0 Å². The predicted octanol–water partition coefficient (Wildman–Crippen LogP) is 0.473. The lowest BCUT2D eigenvalue weighted by Gasteiger charge is -2.23. The van der Waals surface area contributed by atoms with Gasteiger partial charge in [-0.05, 0) is 24.6 Å². The largest absolute Gasteiger partial charge is 0.493 e. The summed E-state index contributed by atoms with van der Waals surface area (Å²) >= 11 is 0. The van der Waals surface area contributed by atoms with Crippen molar-refractivity contribution < 1.29 is 28.7 Å². The summed E-state index contributed by atoms with van der Waals surface area (Å²) in [6.45, 7) is 1.93. The Morgan fingerprint density at radius 2 is 1.73 bits per heavy atom. The molecule has 0 aliphatic carbocycles. The molecule has 0 aromatic heterocycles. The van der Waals surface area contributed by atoms with E-state index in [9.17, 15) is 19.2 Å². The molecule has 9 heteroatoms. The number of urea groups is 1. The number of hydrogen-bond acceptors (Lipinski definition) is 6. The van der Waals surface area contributed by atoms with E-state index < -0.39 is 30.3 Å². The maximum atomic E-state index is 12.5. The molecule has 9 nitrogen and oxygen atoms in total. The highest BCUT2D eigenvalue weighted by molar-refractivity contribution is 6.44. The molecule has 0 saturated carbocycles. The van der Waals surface area contributed by atoms with E-state index >= 15 is 0 Å². The third-order valence-corrected chi connectivity index (χ3v) is 4.10. The smallest absolute Gasteiger partial charge is 0.334 e. The van der Waals surface area contributed by atoms with Crippen molar-refractivity contribution in [3.8, 4) is 11.5 Å². The number of methoxy groups -OCH3 is 2. The van der Waals surface area contributed by atoms with Crippen molar-refractivity contribution in [1.29, 1.82) is 0 Å². The van der Waals surface area contributed by atoms with E-state index in [0.717, 1.165) is 5.56 Å². The lowest BCUT2D eigenvalue weighted by molar-refractivity contribution is -0.144. The normalized spacial score (nSPS) is 14.1. The van der Waals surface area contributed by atoms with Crippen LogP contribution in [0.3, 0.4) is 0 Å². The summed E-state index contributed by atoms with van der Waals surface area (Å²) < 4.78 is 10.4. The van der Waals surface area contributed by atoms with Crippen LogP contribution >= 0.6 is 0 Å². The first kappa shape index (κ1) is 19.2. The first-order chi connectivity index (χ1) is 12.3. The van der Waals surface area contributed by atoms with Crippen molar-refractivity contribution in [2.75, 3.05) is 34.4 Å². The van der Waals surface area contributed by atoms with Crippen molar-refractivity contribution in [3.63, 3.8) is 0 Å². The maximum absolute atomic E-state index is 12.5. The second-order valence-electron chi connectivity index (χ2n) is 5.64. The zero-order valence-corrected chi connectivity index (χ0v) is 15.1. The number of benzene rings is 1. The van der Waals surface area contributed by atoms with Gasteiger partial charge in [0.1, 0.15) is 6.54 Å². The summed E-state index contributed by atoms with van der Waals surface area (Å²) in [5.74, 6) is -1.27. The fourth-order valence-electron chi connectivity index (χ4n) is 2.56. The molecule has 1 aromatic carbocycles. The summed E-state index contributed by atoms with van der Waals surface area (Å²) in [4.78, 5) is 50.6. The second kappa shape index (κ2) is 7.85. The number of likely N-dealkylation sites (N-methyl/N-ethyl adjacent to an activating group) is 2. The number of carbonyl (C=O) groups excluding carboxylic acids is 4. The highest BCUT2D eigenvalue weighted by atomic mass is 16.5. The van der Waals surface area contributed by atoms with E-state index in [1.165, 1.54) is 26.2 Å². The molecule has 0 atom stereocenters. The molecule has 1 aromatic rings. The van der Waals surface area contributed by atoms with Gasteiger partial charge in [0.2, 0.25) is 5.91 Å². The van der Waals surface area contributed by atoms with Crippen LogP contribution in [-0.2, 0) is 20.9 Å². The minimum atomic E-state index is -0.993. The van der Waals surface area contributed by atoms with Gasteiger partial charge in [-0.2, -0.15) is 0 Å². The SMILES string of the molecule is CCN(Cc1ccc(OC)c(OC)c1)C(=O)CN1C(=O)C(=O)N(C)C1=O. The van der Waals surface area contributed by atoms with E-state index in [1.807, 2.05) is 0 Å². The van der Waals surface area contributed by atoms with E-state index in [1.54, 1.807) is 25.1 Å². The summed E-state index contributed by atoms with van der Waals surface area (Å²) in [7, 11) is 4.25. The number of nitrogens with zero attached hydrogens (tertiary/aromatic N) is 3. The van der Waals surface area contributed by atoms with Gasteiger partial charge in [-0.1, -0.05) is 6.07 Å². The molecule has 0 spiro atoms. The molecule has 1 fully saturated rings. The van der Waals surface area contributed by atoms with E-state index in [4.69, 9.17) is 9.47 Å². The lowest BCUT2D eigenvalue weighted by Crippen LogP contribution is -2.43. The summed E-state index contributed by atoms with van der Waals surface area (Å²) in [5.41, 5.74) is 0.796. The monoisotopic (exact) mass is 363 g/mol. The number of amides is 5. The van der Waals surface area contributed by atoms with Gasteiger partial charge in [-0.25, -0.2) is 9.69 Å². The van der Waals surface area contributed by atoms with Gasteiger partial charge in [0.15, 0.2) is 11.5 Å². The van der Waals surface area contributed by atoms with Gasteiger partial charge in [-0.3, -0.25) is 19.3 Å². The first-order valence-corrected chi connectivity index (χ1v) is 7.96. The zero-order chi connectivity index (χ0) is 19.4. The van der Waals surface area contributed by atoms with Crippen LogP contribution in [0.5, 0.6) is 11.5 Å². The Kier molecular flexibility index (Phi) is 5.81. The predicted molar refractivity (Wildman–Crippen MR) is 90.5 cm³/mol. The molecule has 1 saturated heterocycles. The van der Waals surface area contributed by atoms with Crippen molar-refractivity contribution in [2.24, 2.45) is 0 Å². The van der Waals surface area contributed by atoms with Crippen molar-refractivity contribution >= 4 is 23.8 Å². The Hall–Kier alpha value is -3.10. The van der Waals surface area contributed by atoms with Gasteiger partial charge in [0.05, 0.1) is 14.2 Å². The third-order valence-electron chi connectivity index (χ3n) is 4.10. The molecule has 140 valence electrons. The number of ether oxygens (including phenoxy) is 2. The standard InChI is InChI=1S/C17H21N3O6/c1-5-19(9-11-6-7-12(25-3)13(8-11)26-4)14(21)10-20-16(23)15(22)18(2)17(20)24/h6-8H,5,9-10H2,1-4H3. The van der Waals surface area contributed by atoms with Gasteiger partial charge in [0.25, 0.3) is 0 Å². The number of hydrogen-bond donors (Lipinski definition) is 0. The van der Waals surface area contributed by atoms with Crippen molar-refractivity contribution in [3.05, 3.63) is 23.8 Å². The molecule has 0 bridgehead atoms. The Morgan fingerprint density at radius 3 is 2.23 bits per heavy atom. The topological polar surface area (TPSA) is 96.5 Å². The molecule has 1 aliphatic heterocycles. The minimum Gasteiger partial charge on any atom is -0.493 e. The molecular weight excluding hydrogens is 342 g/mol. The van der Waals surface area contributed by atoms with Crippen LogP contribution in [0.4, 0.5) is 4.79 Å². The lowest BCUT2D eigenvalue weighted by atomic mass is 10.2. The third kappa shape index (κ3) is 3.61. The molecule has 26 heavy (non-hydrogen) atoms. The molecule has 2 rings (SSSR count). The summed E-state index contributed by atoms with van der Waals surface area (Å²) in [6, 6.07) is 4.47. The van der Waals surface area contributed by atoms with Crippen LogP contribution in [0.15, 0.2) is 18.2 Å². The average molecular weight is 363 g/mol. The fraction of sp³-hybridized carbons (Fsp3) is 0.412. The molecule has 0 unspecified atom stereocenters. The maximum Gasteiger partial charge on any atom is 0.334 e. The fourth-order valence-corrected chi connectivity index (χ4v) is 2.56. The Labute approximate surface area is 151 Å². The van der Waals surface area contributed by atoms with Crippen LogP contribution in [0, 0.1) is 0 Å². The molecule has 1 heterocycles. The van der Waals surface area contributed by atoms with E-state index in [-0.39, 0.29) is 6.54 Å². The van der Waals surface area contributed by atoms with Crippen LogP contribution < -0.4 is 9.47 Å². The van der Waals surface area contributed by atoms with Crippen LogP contribution in [-0.4, -0.2) is 72.8 Å². The van der Waals surface area contributed by atoms with Gasteiger partial charge >= 0.3 is 17.8 Å². The minimum absolute atomic E-state index is 0.260. The van der Waals surface area contributed by atoms with Gasteiger partial charge in [0, 0.05) is 20.1 Å². The van der Waals surface area contributed by atoms with Gasteiger partial charge < -0.3 is 14.4 Å². The Bertz CT molecular complexity index is 748. The quantitative estimate of drug-likeness (QED) is 0.516. The van der Waals surface area contributed by atoms with E-state index in [0.29, 0.717) is 27.8 Å². The van der Waals surface area contributed by atoms with Crippen molar-refractivity contribution in [2.45, 2.75) is 13.5 Å². The molecule has 1 aliphatic rings. The number of imide groups is 2. The molecule has 0 radical (unpaired) electrons. The van der Waals surface area contributed by atoms with Crippen LogP contribution in [0.1, 0.15) is 12.5 Å². The number of carbonyl (C=O) groups is 4. The average Bonchev–Trinajstić information content (AvgIpc) is 2.83. The zero-order valence-electron chi connectivity index (χ0n) is 15.1. The molecule has 5 amide bonds. The molecule has 0 N–H and O–H groups in total. The highest BCUT2D eigenvalue weighted by Crippen LogP contribution is 2.28. The van der Waals surface area contributed by atoms with Crippen molar-refractivity contribution in [1.82, 2.24) is 14.7 Å². The van der Waals surface area contributed by atoms with Crippen LogP contribution in [0.2, 0.25) is 0 Å². The highest BCUT2D eigenvalue weighted by Gasteiger charge is 2.43. The summed E-state index contributed by atoms with van der Waals surface area (Å²) in [6.07, 6.45) is 0. The molecular formula is C17H21N3O6. The van der Waals surface area contributed by atoms with Crippen LogP contribution in [0.25, 0.3) is 0 Å².